The van der Waals surface area contributed by atoms with Gasteiger partial charge in [0.15, 0.2) is 0 Å². The van der Waals surface area contributed by atoms with Crippen LogP contribution in [0.4, 0.5) is 5.69 Å². The smallest absolute Gasteiger partial charge is 0.257 e. The van der Waals surface area contributed by atoms with E-state index in [0.717, 1.165) is 37.3 Å². The van der Waals surface area contributed by atoms with Crippen molar-refractivity contribution in [2.45, 2.75) is 0 Å². The van der Waals surface area contributed by atoms with E-state index in [0.29, 0.717) is 23.7 Å². The molecule has 0 bridgehead atoms. The molecule has 8 heteroatoms. The first-order valence-corrected chi connectivity index (χ1v) is 8.81. The minimum Gasteiger partial charge on any atom is -0.476 e. The van der Waals surface area contributed by atoms with Crippen LogP contribution in [-0.4, -0.2) is 60.2 Å². The molecule has 2 aromatic heterocycles. The zero-order valence-electron chi connectivity index (χ0n) is 13.7. The highest BCUT2D eigenvalue weighted by atomic mass is 79.9. The number of aromatic nitrogens is 2. The summed E-state index contributed by atoms with van der Waals surface area (Å²) in [4.78, 5) is 22.6. The van der Waals surface area contributed by atoms with Crippen molar-refractivity contribution in [2.75, 3.05) is 44.8 Å². The molecule has 7 nitrogen and oxygen atoms in total. The normalized spacial score (nSPS) is 14.9. The van der Waals surface area contributed by atoms with Gasteiger partial charge in [-0.1, -0.05) is 0 Å². The standard InChI is InChI=1S/C17H19BrN4O3/c18-14-9-13(10-19-11-14)17(23)21-15-1-2-16(20-12-15)25-8-5-22-3-6-24-7-4-22/h1-2,9-12H,3-8H2,(H,21,23). The van der Waals surface area contributed by atoms with Crippen LogP contribution in [-0.2, 0) is 4.74 Å². The number of anilines is 1. The molecule has 0 spiro atoms. The monoisotopic (exact) mass is 406 g/mol. The largest absolute Gasteiger partial charge is 0.476 e. The van der Waals surface area contributed by atoms with Gasteiger partial charge in [-0.15, -0.1) is 0 Å². The summed E-state index contributed by atoms with van der Waals surface area (Å²) < 4.78 is 11.7. The number of rotatable bonds is 6. The van der Waals surface area contributed by atoms with E-state index in [1.54, 1.807) is 30.6 Å². The Bertz CT molecular complexity index is 705. The zero-order valence-corrected chi connectivity index (χ0v) is 15.2. The van der Waals surface area contributed by atoms with Gasteiger partial charge in [0.05, 0.1) is 30.7 Å². The second kappa shape index (κ2) is 8.89. The summed E-state index contributed by atoms with van der Waals surface area (Å²) in [6.07, 6.45) is 4.71. The lowest BCUT2D eigenvalue weighted by molar-refractivity contribution is 0.0320. The average molecular weight is 407 g/mol. The van der Waals surface area contributed by atoms with E-state index >= 15 is 0 Å². The van der Waals surface area contributed by atoms with Gasteiger partial charge in [-0.3, -0.25) is 14.7 Å². The van der Waals surface area contributed by atoms with Gasteiger partial charge in [-0.05, 0) is 28.1 Å². The van der Waals surface area contributed by atoms with Crippen molar-refractivity contribution < 1.29 is 14.3 Å². The Morgan fingerprint density at radius 1 is 1.28 bits per heavy atom. The highest BCUT2D eigenvalue weighted by molar-refractivity contribution is 9.10. The van der Waals surface area contributed by atoms with E-state index in [4.69, 9.17) is 9.47 Å². The molecule has 132 valence electrons. The first kappa shape index (κ1) is 17.8. The maximum atomic E-state index is 12.2. The number of pyridine rings is 2. The summed E-state index contributed by atoms with van der Waals surface area (Å²) in [5.41, 5.74) is 1.07. The van der Waals surface area contributed by atoms with Gasteiger partial charge < -0.3 is 14.8 Å². The van der Waals surface area contributed by atoms with Crippen molar-refractivity contribution in [3.05, 3.63) is 46.8 Å². The Hall–Kier alpha value is -2.03. The first-order chi connectivity index (χ1) is 12.2. The van der Waals surface area contributed by atoms with Crippen molar-refractivity contribution >= 4 is 27.5 Å². The molecule has 0 saturated carbocycles. The average Bonchev–Trinajstić information content (AvgIpc) is 2.64. The maximum Gasteiger partial charge on any atom is 0.257 e. The lowest BCUT2D eigenvalue weighted by Gasteiger charge is -2.26. The summed E-state index contributed by atoms with van der Waals surface area (Å²) in [6, 6.07) is 5.22. The molecule has 3 rings (SSSR count). The Labute approximate surface area is 154 Å². The lowest BCUT2D eigenvalue weighted by Crippen LogP contribution is -2.38. The molecule has 0 aliphatic carbocycles. The lowest BCUT2D eigenvalue weighted by atomic mass is 10.2. The Morgan fingerprint density at radius 3 is 2.84 bits per heavy atom. The highest BCUT2D eigenvalue weighted by Crippen LogP contribution is 2.14. The van der Waals surface area contributed by atoms with Crippen LogP contribution < -0.4 is 10.1 Å². The van der Waals surface area contributed by atoms with Crippen LogP contribution in [0.2, 0.25) is 0 Å². The van der Waals surface area contributed by atoms with Gasteiger partial charge in [0.2, 0.25) is 5.88 Å². The minimum atomic E-state index is -0.239. The van der Waals surface area contributed by atoms with Crippen molar-refractivity contribution in [3.8, 4) is 5.88 Å². The fourth-order valence-corrected chi connectivity index (χ4v) is 2.75. The van der Waals surface area contributed by atoms with Gasteiger partial charge >= 0.3 is 0 Å². The van der Waals surface area contributed by atoms with Crippen molar-refractivity contribution in [1.29, 1.82) is 0 Å². The fraction of sp³-hybridized carbons (Fsp3) is 0.353. The topological polar surface area (TPSA) is 76.6 Å². The molecule has 0 unspecified atom stereocenters. The molecule has 2 aromatic rings. The van der Waals surface area contributed by atoms with Crippen LogP contribution in [0.1, 0.15) is 10.4 Å². The SMILES string of the molecule is O=C(Nc1ccc(OCCN2CCOCC2)nc1)c1cncc(Br)c1. The van der Waals surface area contributed by atoms with Gasteiger partial charge in [-0.25, -0.2) is 4.98 Å². The highest BCUT2D eigenvalue weighted by Gasteiger charge is 2.10. The number of carbonyl (C=O) groups excluding carboxylic acids is 1. The fourth-order valence-electron chi connectivity index (χ4n) is 2.38. The molecule has 1 saturated heterocycles. The van der Waals surface area contributed by atoms with Gasteiger partial charge in [0.25, 0.3) is 5.91 Å². The van der Waals surface area contributed by atoms with Crippen molar-refractivity contribution in [1.82, 2.24) is 14.9 Å². The van der Waals surface area contributed by atoms with E-state index in [-0.39, 0.29) is 5.91 Å². The number of carbonyl (C=O) groups is 1. The summed E-state index contributed by atoms with van der Waals surface area (Å²) in [7, 11) is 0. The Morgan fingerprint density at radius 2 is 2.12 bits per heavy atom. The third kappa shape index (κ3) is 5.48. The van der Waals surface area contributed by atoms with Gasteiger partial charge in [-0.2, -0.15) is 0 Å². The molecule has 0 radical (unpaired) electrons. The number of halogens is 1. The second-order valence-corrected chi connectivity index (χ2v) is 6.45. The van der Waals surface area contributed by atoms with E-state index in [1.165, 1.54) is 6.20 Å². The molecule has 3 heterocycles. The van der Waals surface area contributed by atoms with E-state index in [1.807, 2.05) is 0 Å². The number of amides is 1. The predicted molar refractivity (Wildman–Crippen MR) is 96.9 cm³/mol. The molecule has 1 N–H and O–H groups in total. The van der Waals surface area contributed by atoms with Crippen LogP contribution in [0.3, 0.4) is 0 Å². The maximum absolute atomic E-state index is 12.2. The number of morpholine rings is 1. The summed E-state index contributed by atoms with van der Waals surface area (Å²) >= 11 is 3.30. The third-order valence-corrected chi connectivity index (χ3v) is 4.16. The molecule has 1 fully saturated rings. The van der Waals surface area contributed by atoms with E-state index in [2.05, 4.69) is 36.1 Å². The quantitative estimate of drug-likeness (QED) is 0.792. The zero-order chi connectivity index (χ0) is 17.5. The number of hydrogen-bond acceptors (Lipinski definition) is 6. The molecule has 0 aromatic carbocycles. The van der Waals surface area contributed by atoms with Crippen LogP contribution in [0.5, 0.6) is 5.88 Å². The van der Waals surface area contributed by atoms with Gasteiger partial charge in [0, 0.05) is 42.6 Å². The van der Waals surface area contributed by atoms with E-state index in [9.17, 15) is 4.79 Å². The molecule has 1 aliphatic rings. The van der Waals surface area contributed by atoms with Crippen molar-refractivity contribution in [3.63, 3.8) is 0 Å². The number of hydrogen-bond donors (Lipinski definition) is 1. The molecular weight excluding hydrogens is 388 g/mol. The minimum absolute atomic E-state index is 0.239. The molecule has 0 atom stereocenters. The summed E-state index contributed by atoms with van der Waals surface area (Å²) in [5.74, 6) is 0.298. The first-order valence-electron chi connectivity index (χ1n) is 8.01. The third-order valence-electron chi connectivity index (χ3n) is 3.72. The number of nitrogens with one attached hydrogen (secondary N) is 1. The summed E-state index contributed by atoms with van der Waals surface area (Å²) in [6.45, 7) is 4.85. The number of ether oxygens (including phenoxy) is 2. The number of nitrogens with zero attached hydrogens (tertiary/aromatic N) is 3. The Kier molecular flexibility index (Phi) is 6.32. The van der Waals surface area contributed by atoms with Crippen LogP contribution in [0.15, 0.2) is 41.3 Å². The van der Waals surface area contributed by atoms with Crippen LogP contribution in [0, 0.1) is 0 Å². The summed E-state index contributed by atoms with van der Waals surface area (Å²) in [5, 5.41) is 2.78. The molecular formula is C17H19BrN4O3. The molecule has 1 amide bonds. The van der Waals surface area contributed by atoms with E-state index < -0.39 is 0 Å². The molecule has 25 heavy (non-hydrogen) atoms. The molecule has 1 aliphatic heterocycles. The van der Waals surface area contributed by atoms with Gasteiger partial charge in [0.1, 0.15) is 6.61 Å². The second-order valence-electron chi connectivity index (χ2n) is 5.53. The predicted octanol–water partition coefficient (Wildman–Crippen LogP) is 2.20. The van der Waals surface area contributed by atoms with Crippen LogP contribution >= 0.6 is 15.9 Å². The van der Waals surface area contributed by atoms with Crippen molar-refractivity contribution in [2.24, 2.45) is 0 Å². The van der Waals surface area contributed by atoms with Crippen LogP contribution in [0.25, 0.3) is 0 Å². The Balaban J connectivity index is 1.47.